The minimum Gasteiger partial charge on any atom is -0.449 e. The van der Waals surface area contributed by atoms with Crippen molar-refractivity contribution in [2.45, 2.75) is 13.0 Å². The third kappa shape index (κ3) is 4.79. The molecule has 1 amide bonds. The van der Waals surface area contributed by atoms with E-state index in [1.807, 2.05) is 42.5 Å². The molecule has 0 unspecified atom stereocenters. The van der Waals surface area contributed by atoms with Crippen molar-refractivity contribution in [3.63, 3.8) is 0 Å². The first kappa shape index (κ1) is 17.0. The summed E-state index contributed by atoms with van der Waals surface area (Å²) in [7, 11) is 3.25. The first-order valence-corrected chi connectivity index (χ1v) is 8.04. The number of carbonyl (C=O) groups is 2. The van der Waals surface area contributed by atoms with Gasteiger partial charge in [-0.1, -0.05) is 30.3 Å². The van der Waals surface area contributed by atoms with Gasteiger partial charge >= 0.3 is 5.97 Å². The Hall–Kier alpha value is -2.40. The van der Waals surface area contributed by atoms with Crippen molar-refractivity contribution in [3.05, 3.63) is 53.4 Å². The van der Waals surface area contributed by atoms with Gasteiger partial charge in [-0.15, -0.1) is 11.3 Å². The van der Waals surface area contributed by atoms with Gasteiger partial charge in [0, 0.05) is 29.9 Å². The Balaban J connectivity index is 1.97. The summed E-state index contributed by atoms with van der Waals surface area (Å²) in [6, 6.07) is 14.0. The van der Waals surface area contributed by atoms with E-state index in [1.54, 1.807) is 38.4 Å². The summed E-state index contributed by atoms with van der Waals surface area (Å²) in [5.41, 5.74) is 1.14. The molecule has 1 atom stereocenters. The minimum absolute atomic E-state index is 0.241. The maximum absolute atomic E-state index is 11.8. The standard InChI is InChI=1S/C18H19NO3S/c1-13(18(21)19(2)3)22-17(20)12-10-15-9-11-16(23-15)14-7-5-4-6-8-14/h4-13H,1-3H3/b12-10+/t13-/m1/s1. The fourth-order valence-electron chi connectivity index (χ4n) is 1.98. The van der Waals surface area contributed by atoms with E-state index in [0.29, 0.717) is 0 Å². The summed E-state index contributed by atoms with van der Waals surface area (Å²) < 4.78 is 5.07. The Bertz CT molecular complexity index is 704. The highest BCUT2D eigenvalue weighted by atomic mass is 32.1. The van der Waals surface area contributed by atoms with E-state index in [0.717, 1.165) is 15.3 Å². The van der Waals surface area contributed by atoms with Gasteiger partial charge in [0.05, 0.1) is 0 Å². The molecule has 2 rings (SSSR count). The normalized spacial score (nSPS) is 12.1. The van der Waals surface area contributed by atoms with E-state index in [2.05, 4.69) is 0 Å². The Morgan fingerprint density at radius 1 is 1.13 bits per heavy atom. The molecule has 120 valence electrons. The highest BCUT2D eigenvalue weighted by molar-refractivity contribution is 7.16. The van der Waals surface area contributed by atoms with Gasteiger partial charge in [0.25, 0.3) is 5.91 Å². The maximum Gasteiger partial charge on any atom is 0.331 e. The molecule has 0 saturated heterocycles. The summed E-state index contributed by atoms with van der Waals surface area (Å²) in [6.07, 6.45) is 2.26. The third-order valence-electron chi connectivity index (χ3n) is 3.15. The lowest BCUT2D eigenvalue weighted by Crippen LogP contribution is -2.34. The predicted octanol–water partition coefficient (Wildman–Crippen LogP) is 3.45. The lowest BCUT2D eigenvalue weighted by atomic mass is 10.2. The van der Waals surface area contributed by atoms with Crippen LogP contribution in [0.25, 0.3) is 16.5 Å². The van der Waals surface area contributed by atoms with Gasteiger partial charge in [-0.25, -0.2) is 4.79 Å². The number of benzene rings is 1. The van der Waals surface area contributed by atoms with Crippen LogP contribution in [0.2, 0.25) is 0 Å². The molecule has 0 aliphatic rings. The minimum atomic E-state index is -0.787. The predicted molar refractivity (Wildman–Crippen MR) is 93.0 cm³/mol. The molecule has 4 nitrogen and oxygen atoms in total. The number of thiophene rings is 1. The molecule has 0 saturated carbocycles. The van der Waals surface area contributed by atoms with Crippen molar-refractivity contribution >= 4 is 29.3 Å². The summed E-state index contributed by atoms with van der Waals surface area (Å²) in [4.78, 5) is 26.9. The van der Waals surface area contributed by atoms with Crippen LogP contribution < -0.4 is 0 Å². The number of hydrogen-bond acceptors (Lipinski definition) is 4. The molecular weight excluding hydrogens is 310 g/mol. The average molecular weight is 329 g/mol. The first-order valence-electron chi connectivity index (χ1n) is 7.22. The van der Waals surface area contributed by atoms with Crippen LogP contribution in [-0.4, -0.2) is 37.0 Å². The van der Waals surface area contributed by atoms with E-state index in [-0.39, 0.29) is 5.91 Å². The molecule has 0 aliphatic heterocycles. The molecule has 0 fully saturated rings. The van der Waals surface area contributed by atoms with E-state index in [1.165, 1.54) is 11.0 Å². The molecule has 2 aromatic rings. The van der Waals surface area contributed by atoms with Crippen LogP contribution in [0.15, 0.2) is 48.5 Å². The quantitative estimate of drug-likeness (QED) is 0.623. The van der Waals surface area contributed by atoms with Crippen molar-refractivity contribution in [1.82, 2.24) is 4.90 Å². The average Bonchev–Trinajstić information content (AvgIpc) is 3.02. The van der Waals surface area contributed by atoms with E-state index in [9.17, 15) is 9.59 Å². The van der Waals surface area contributed by atoms with Crippen LogP contribution in [-0.2, 0) is 14.3 Å². The number of esters is 1. The van der Waals surface area contributed by atoms with E-state index >= 15 is 0 Å². The van der Waals surface area contributed by atoms with Crippen molar-refractivity contribution < 1.29 is 14.3 Å². The summed E-state index contributed by atoms with van der Waals surface area (Å²) in [5, 5.41) is 0. The fourth-order valence-corrected chi connectivity index (χ4v) is 2.89. The number of ether oxygens (including phenoxy) is 1. The zero-order valence-corrected chi connectivity index (χ0v) is 14.2. The molecule has 1 heterocycles. The molecular formula is C18H19NO3S. The van der Waals surface area contributed by atoms with Crippen LogP contribution in [0.4, 0.5) is 0 Å². The van der Waals surface area contributed by atoms with Crippen molar-refractivity contribution in [3.8, 4) is 10.4 Å². The third-order valence-corrected chi connectivity index (χ3v) is 4.25. The SMILES string of the molecule is C[C@@H](OC(=O)/C=C/c1ccc(-c2ccccc2)s1)C(=O)N(C)C. The smallest absolute Gasteiger partial charge is 0.331 e. The van der Waals surface area contributed by atoms with Crippen molar-refractivity contribution in [2.75, 3.05) is 14.1 Å². The highest BCUT2D eigenvalue weighted by Gasteiger charge is 2.17. The Labute approximate surface area is 140 Å². The van der Waals surface area contributed by atoms with Crippen LogP contribution in [0.3, 0.4) is 0 Å². The molecule has 1 aromatic heterocycles. The van der Waals surface area contributed by atoms with Crippen molar-refractivity contribution in [1.29, 1.82) is 0 Å². The summed E-state index contributed by atoms with van der Waals surface area (Å²) in [6.45, 7) is 1.56. The van der Waals surface area contributed by atoms with Crippen LogP contribution in [0.1, 0.15) is 11.8 Å². The second-order valence-corrected chi connectivity index (χ2v) is 6.33. The van der Waals surface area contributed by atoms with Gasteiger partial charge in [0.15, 0.2) is 6.10 Å². The fraction of sp³-hybridized carbons (Fsp3) is 0.222. The number of nitrogens with zero attached hydrogens (tertiary/aromatic N) is 1. The van der Waals surface area contributed by atoms with Gasteiger partial charge in [-0.3, -0.25) is 4.79 Å². The highest BCUT2D eigenvalue weighted by Crippen LogP contribution is 2.28. The summed E-state index contributed by atoms with van der Waals surface area (Å²) >= 11 is 1.59. The Kier molecular flexibility index (Phi) is 5.71. The largest absolute Gasteiger partial charge is 0.449 e. The molecule has 0 bridgehead atoms. The Morgan fingerprint density at radius 3 is 2.48 bits per heavy atom. The van der Waals surface area contributed by atoms with Crippen LogP contribution in [0.5, 0.6) is 0 Å². The summed E-state index contributed by atoms with van der Waals surface area (Å²) in [5.74, 6) is -0.767. The van der Waals surface area contributed by atoms with Gasteiger partial charge in [0.1, 0.15) is 0 Å². The number of hydrogen-bond donors (Lipinski definition) is 0. The van der Waals surface area contributed by atoms with Gasteiger partial charge < -0.3 is 9.64 Å². The zero-order chi connectivity index (χ0) is 16.8. The van der Waals surface area contributed by atoms with Gasteiger partial charge in [0.2, 0.25) is 0 Å². The van der Waals surface area contributed by atoms with Crippen molar-refractivity contribution in [2.24, 2.45) is 0 Å². The molecule has 0 aliphatic carbocycles. The first-order chi connectivity index (χ1) is 11.0. The van der Waals surface area contributed by atoms with Crippen LogP contribution in [0, 0.1) is 0 Å². The number of amides is 1. The molecule has 23 heavy (non-hydrogen) atoms. The lowest BCUT2D eigenvalue weighted by Gasteiger charge is -2.16. The number of rotatable bonds is 5. The number of likely N-dealkylation sites (N-methyl/N-ethyl adjacent to an activating group) is 1. The molecule has 1 aromatic carbocycles. The Morgan fingerprint density at radius 2 is 1.83 bits per heavy atom. The molecule has 0 radical (unpaired) electrons. The van der Waals surface area contributed by atoms with Gasteiger partial charge in [-0.05, 0) is 30.7 Å². The monoisotopic (exact) mass is 329 g/mol. The number of carbonyl (C=O) groups excluding carboxylic acids is 2. The molecule has 5 heteroatoms. The molecule has 0 N–H and O–H groups in total. The zero-order valence-electron chi connectivity index (χ0n) is 13.4. The topological polar surface area (TPSA) is 46.6 Å². The van der Waals surface area contributed by atoms with E-state index < -0.39 is 12.1 Å². The van der Waals surface area contributed by atoms with E-state index in [4.69, 9.17) is 4.74 Å². The van der Waals surface area contributed by atoms with Gasteiger partial charge in [-0.2, -0.15) is 0 Å². The maximum atomic E-state index is 11.8. The molecule has 0 spiro atoms. The van der Waals surface area contributed by atoms with Crippen LogP contribution >= 0.6 is 11.3 Å². The second kappa shape index (κ2) is 7.74. The second-order valence-electron chi connectivity index (χ2n) is 5.21. The lowest BCUT2D eigenvalue weighted by molar-refractivity contribution is -0.153.